The maximum Gasteiger partial charge on any atom is 0.0417 e. The molecule has 1 heteroatoms. The van der Waals surface area contributed by atoms with E-state index in [9.17, 15) is 0 Å². The van der Waals surface area contributed by atoms with Gasteiger partial charge in [-0.05, 0) is 133 Å². The summed E-state index contributed by atoms with van der Waals surface area (Å²) in [6.45, 7) is 24.1. The number of hydrogen-bond acceptors (Lipinski definition) is 1. The molecule has 1 aliphatic heterocycles. The van der Waals surface area contributed by atoms with Crippen LogP contribution in [-0.2, 0) is 12.8 Å². The Bertz CT molecular complexity index is 936. The Labute approximate surface area is 243 Å². The topological polar surface area (TPSA) is 12.0 Å². The van der Waals surface area contributed by atoms with Crippen molar-refractivity contribution in [2.24, 2.45) is 35.5 Å². The molecule has 0 bridgehead atoms. The predicted octanol–water partition coefficient (Wildman–Crippen LogP) is 11.9. The number of nitrogens with one attached hydrogen (secondary N) is 1. The van der Waals surface area contributed by atoms with Crippen molar-refractivity contribution in [1.82, 2.24) is 0 Å². The van der Waals surface area contributed by atoms with E-state index in [-0.39, 0.29) is 0 Å². The van der Waals surface area contributed by atoms with E-state index in [1.807, 2.05) is 0 Å². The minimum atomic E-state index is 0.611. The van der Waals surface area contributed by atoms with Crippen LogP contribution in [0.2, 0.25) is 0 Å². The van der Waals surface area contributed by atoms with Gasteiger partial charge < -0.3 is 5.32 Å². The molecular formula is C38H61N. The molecule has 0 amide bonds. The Morgan fingerprint density at radius 1 is 0.487 bits per heavy atom. The average Bonchev–Trinajstić information content (AvgIpc) is 3.00. The number of fused-ring (bicyclic) bond motifs is 2. The van der Waals surface area contributed by atoms with Gasteiger partial charge in [0.15, 0.2) is 0 Å². The van der Waals surface area contributed by atoms with Crippen molar-refractivity contribution in [2.45, 2.75) is 132 Å². The highest BCUT2D eigenvalue weighted by Crippen LogP contribution is 2.36. The molecule has 0 aromatic heterocycles. The normalized spacial score (nSPS) is 17.9. The Morgan fingerprint density at radius 3 is 1.21 bits per heavy atom. The van der Waals surface area contributed by atoms with E-state index in [1.165, 1.54) is 72.2 Å². The summed E-state index contributed by atoms with van der Waals surface area (Å²) >= 11 is 0. The third-order valence-corrected chi connectivity index (χ3v) is 9.20. The Balaban J connectivity index is 1.61. The van der Waals surface area contributed by atoms with Crippen molar-refractivity contribution in [2.75, 3.05) is 5.32 Å². The van der Waals surface area contributed by atoms with E-state index in [0.29, 0.717) is 11.8 Å². The van der Waals surface area contributed by atoms with E-state index in [1.54, 1.807) is 0 Å². The molecule has 0 spiro atoms. The summed E-state index contributed by atoms with van der Waals surface area (Å²) in [5.41, 5.74) is 8.60. The molecule has 1 aliphatic rings. The largest absolute Gasteiger partial charge is 0.355 e. The maximum atomic E-state index is 3.81. The molecule has 1 N–H and O–H groups in total. The van der Waals surface area contributed by atoms with Gasteiger partial charge in [0, 0.05) is 11.4 Å². The molecule has 0 fully saturated rings. The van der Waals surface area contributed by atoms with E-state index in [2.05, 4.69) is 111 Å². The SMILES string of the molecule is CC(C)CC(C)CC(C)CC(C)c1ccc2c(c1)CCc1cc(C(C)CC(C)CC(C)CC(C)C)ccc1N2. The fourth-order valence-electron chi connectivity index (χ4n) is 7.76. The number of benzene rings is 2. The lowest BCUT2D eigenvalue weighted by Crippen LogP contribution is -2.09. The Hall–Kier alpha value is -1.76. The molecule has 0 aliphatic carbocycles. The second-order valence-electron chi connectivity index (χ2n) is 14.9. The zero-order valence-corrected chi connectivity index (χ0v) is 27.2. The van der Waals surface area contributed by atoms with E-state index >= 15 is 0 Å². The van der Waals surface area contributed by atoms with Gasteiger partial charge in [0.25, 0.3) is 0 Å². The highest BCUT2D eigenvalue weighted by Gasteiger charge is 2.20. The molecule has 218 valence electrons. The van der Waals surface area contributed by atoms with E-state index in [4.69, 9.17) is 0 Å². The molecule has 2 aromatic carbocycles. The highest BCUT2D eigenvalue weighted by atomic mass is 14.9. The van der Waals surface area contributed by atoms with Gasteiger partial charge in [-0.15, -0.1) is 0 Å². The van der Waals surface area contributed by atoms with Gasteiger partial charge >= 0.3 is 0 Å². The number of anilines is 2. The van der Waals surface area contributed by atoms with Crippen molar-refractivity contribution >= 4 is 11.4 Å². The van der Waals surface area contributed by atoms with Crippen molar-refractivity contribution in [3.05, 3.63) is 58.7 Å². The number of aryl methyl sites for hydroxylation is 2. The molecule has 39 heavy (non-hydrogen) atoms. The van der Waals surface area contributed by atoms with Gasteiger partial charge in [-0.3, -0.25) is 0 Å². The molecule has 6 unspecified atom stereocenters. The first-order chi connectivity index (χ1) is 18.4. The summed E-state index contributed by atoms with van der Waals surface area (Å²) in [7, 11) is 0. The molecule has 0 saturated carbocycles. The lowest BCUT2D eigenvalue weighted by molar-refractivity contribution is 0.333. The standard InChI is InChI=1S/C38H61N/c1-25(2)17-27(5)19-29(7)21-31(9)33-13-15-37-35(23-33)11-12-36-24-34(14-16-38(36)39-37)32(10)22-30(8)20-28(6)18-26(3)4/h13-16,23-32,39H,11-12,17-22H2,1-10H3. The third kappa shape index (κ3) is 9.98. The third-order valence-electron chi connectivity index (χ3n) is 9.20. The van der Waals surface area contributed by atoms with Gasteiger partial charge in [0.2, 0.25) is 0 Å². The monoisotopic (exact) mass is 531 g/mol. The van der Waals surface area contributed by atoms with Crippen molar-refractivity contribution in [3.8, 4) is 0 Å². The Morgan fingerprint density at radius 2 is 0.846 bits per heavy atom. The molecular weight excluding hydrogens is 470 g/mol. The quantitative estimate of drug-likeness (QED) is 0.255. The van der Waals surface area contributed by atoms with Crippen LogP contribution >= 0.6 is 0 Å². The van der Waals surface area contributed by atoms with E-state index in [0.717, 1.165) is 48.3 Å². The molecule has 2 aromatic rings. The first-order valence-electron chi connectivity index (χ1n) is 16.4. The van der Waals surface area contributed by atoms with Gasteiger partial charge in [-0.1, -0.05) is 93.5 Å². The van der Waals surface area contributed by atoms with Gasteiger partial charge in [0.1, 0.15) is 0 Å². The fraction of sp³-hybridized carbons (Fsp3) is 0.684. The van der Waals surface area contributed by atoms with E-state index < -0.39 is 0 Å². The van der Waals surface area contributed by atoms with Crippen LogP contribution in [0.3, 0.4) is 0 Å². The van der Waals surface area contributed by atoms with Crippen LogP contribution in [0.4, 0.5) is 11.4 Å². The number of hydrogen-bond donors (Lipinski definition) is 1. The second kappa shape index (κ2) is 14.7. The molecule has 1 heterocycles. The molecule has 0 saturated heterocycles. The van der Waals surface area contributed by atoms with Crippen LogP contribution in [0.15, 0.2) is 36.4 Å². The number of rotatable bonds is 14. The summed E-state index contributed by atoms with van der Waals surface area (Å²) in [6, 6.07) is 14.5. The first-order valence-corrected chi connectivity index (χ1v) is 16.4. The maximum absolute atomic E-state index is 3.81. The highest BCUT2D eigenvalue weighted by molar-refractivity contribution is 5.69. The van der Waals surface area contributed by atoms with Crippen molar-refractivity contribution in [3.63, 3.8) is 0 Å². The molecule has 3 rings (SSSR count). The molecule has 6 atom stereocenters. The summed E-state index contributed by atoms with van der Waals surface area (Å²) in [6.07, 6.45) is 10.2. The van der Waals surface area contributed by atoms with Crippen molar-refractivity contribution in [1.29, 1.82) is 0 Å². The van der Waals surface area contributed by atoms with Crippen LogP contribution in [0.1, 0.15) is 142 Å². The van der Waals surface area contributed by atoms with Crippen LogP contribution < -0.4 is 5.32 Å². The van der Waals surface area contributed by atoms with Crippen LogP contribution in [0, 0.1) is 35.5 Å². The lowest BCUT2D eigenvalue weighted by Gasteiger charge is -2.23. The van der Waals surface area contributed by atoms with Gasteiger partial charge in [-0.25, -0.2) is 0 Å². The average molecular weight is 532 g/mol. The van der Waals surface area contributed by atoms with Crippen LogP contribution in [0.5, 0.6) is 0 Å². The minimum absolute atomic E-state index is 0.611. The zero-order chi connectivity index (χ0) is 28.7. The lowest BCUT2D eigenvalue weighted by atomic mass is 9.83. The zero-order valence-electron chi connectivity index (χ0n) is 27.2. The first kappa shape index (κ1) is 31.8. The van der Waals surface area contributed by atoms with Crippen LogP contribution in [-0.4, -0.2) is 0 Å². The summed E-state index contributed by atoms with van der Waals surface area (Å²) < 4.78 is 0. The van der Waals surface area contributed by atoms with Crippen molar-refractivity contribution < 1.29 is 0 Å². The van der Waals surface area contributed by atoms with Crippen LogP contribution in [0.25, 0.3) is 0 Å². The summed E-state index contributed by atoms with van der Waals surface area (Å²) in [5, 5.41) is 3.81. The smallest absolute Gasteiger partial charge is 0.0417 e. The summed E-state index contributed by atoms with van der Waals surface area (Å²) in [5.74, 6) is 6.03. The summed E-state index contributed by atoms with van der Waals surface area (Å²) in [4.78, 5) is 0. The Kier molecular flexibility index (Phi) is 12.0. The predicted molar refractivity (Wildman–Crippen MR) is 174 cm³/mol. The molecule has 0 radical (unpaired) electrons. The van der Waals surface area contributed by atoms with Gasteiger partial charge in [0.05, 0.1) is 0 Å². The van der Waals surface area contributed by atoms with Gasteiger partial charge in [-0.2, -0.15) is 0 Å². The minimum Gasteiger partial charge on any atom is -0.355 e. The molecule has 1 nitrogen and oxygen atoms in total. The second-order valence-corrected chi connectivity index (χ2v) is 14.9. The fourth-order valence-corrected chi connectivity index (χ4v) is 7.76.